The van der Waals surface area contributed by atoms with E-state index >= 15 is 0 Å². The molecule has 0 aliphatic carbocycles. The number of nitrogens with zero attached hydrogens (tertiary/aromatic N) is 2. The van der Waals surface area contributed by atoms with Gasteiger partial charge < -0.3 is 10.1 Å². The van der Waals surface area contributed by atoms with Crippen molar-refractivity contribution in [3.63, 3.8) is 0 Å². The van der Waals surface area contributed by atoms with Gasteiger partial charge in [0.05, 0.1) is 17.9 Å². The van der Waals surface area contributed by atoms with E-state index in [-0.39, 0.29) is 18.6 Å². The lowest BCUT2D eigenvalue weighted by Crippen LogP contribution is -2.35. The summed E-state index contributed by atoms with van der Waals surface area (Å²) in [7, 11) is 0. The van der Waals surface area contributed by atoms with Gasteiger partial charge in [-0.3, -0.25) is 9.48 Å². The van der Waals surface area contributed by atoms with Gasteiger partial charge in [0.1, 0.15) is 5.56 Å². The number of carbonyl (C=O) groups is 2. The van der Waals surface area contributed by atoms with E-state index in [1.54, 1.807) is 11.6 Å². The van der Waals surface area contributed by atoms with Crippen LogP contribution in [-0.4, -0.2) is 34.3 Å². The second-order valence-electron chi connectivity index (χ2n) is 7.02. The first-order valence-corrected chi connectivity index (χ1v) is 9.37. The lowest BCUT2D eigenvalue weighted by Gasteiger charge is -2.12. The third-order valence-electron chi connectivity index (χ3n) is 4.50. The Bertz CT molecular complexity index is 794. The molecule has 1 atom stereocenters. The Morgan fingerprint density at radius 3 is 2.48 bits per heavy atom. The molecule has 0 spiro atoms. The molecular weight excluding hydrogens is 342 g/mol. The normalized spacial score (nSPS) is 11.9. The van der Waals surface area contributed by atoms with Crippen molar-refractivity contribution in [1.29, 1.82) is 0 Å². The van der Waals surface area contributed by atoms with E-state index in [2.05, 4.69) is 17.3 Å². The van der Waals surface area contributed by atoms with Crippen molar-refractivity contribution in [3.8, 4) is 0 Å². The van der Waals surface area contributed by atoms with E-state index < -0.39 is 5.97 Å². The van der Waals surface area contributed by atoms with Crippen LogP contribution >= 0.6 is 0 Å². The lowest BCUT2D eigenvalue weighted by molar-refractivity contribution is -0.124. The Morgan fingerprint density at radius 1 is 1.19 bits per heavy atom. The molecule has 27 heavy (non-hydrogen) atoms. The topological polar surface area (TPSA) is 73.2 Å². The minimum Gasteiger partial charge on any atom is -0.452 e. The summed E-state index contributed by atoms with van der Waals surface area (Å²) in [5, 5.41) is 7.29. The average Bonchev–Trinajstić information content (AvgIpc) is 2.88. The molecular formula is C21H29N3O3. The van der Waals surface area contributed by atoms with Crippen LogP contribution in [0.15, 0.2) is 24.3 Å². The van der Waals surface area contributed by atoms with Gasteiger partial charge >= 0.3 is 5.97 Å². The van der Waals surface area contributed by atoms with Crippen molar-refractivity contribution in [3.05, 3.63) is 52.3 Å². The first-order chi connectivity index (χ1) is 12.8. The molecule has 146 valence electrons. The first-order valence-electron chi connectivity index (χ1n) is 9.37. The standard InChI is InChI=1S/C21H29N3O3/c1-6-7-15(3)22-19(25)13-27-21(26)20-16(4)23-24(17(20)5)12-18-10-8-14(2)9-11-18/h8-11,15H,6-7,12-13H2,1-5H3,(H,22,25)/t15-/m1/s1. The third kappa shape index (κ3) is 5.67. The number of amides is 1. The van der Waals surface area contributed by atoms with Crippen LogP contribution in [0.4, 0.5) is 0 Å². The molecule has 1 N–H and O–H groups in total. The molecule has 0 saturated heterocycles. The van der Waals surface area contributed by atoms with E-state index in [0.717, 1.165) is 24.1 Å². The van der Waals surface area contributed by atoms with Crippen LogP contribution in [-0.2, 0) is 16.1 Å². The second-order valence-corrected chi connectivity index (χ2v) is 7.02. The largest absolute Gasteiger partial charge is 0.452 e. The monoisotopic (exact) mass is 371 g/mol. The molecule has 2 rings (SSSR count). The number of carbonyl (C=O) groups excluding carboxylic acids is 2. The molecule has 6 nitrogen and oxygen atoms in total. The Balaban J connectivity index is 2.01. The Labute approximate surface area is 160 Å². The van der Waals surface area contributed by atoms with Gasteiger partial charge in [0, 0.05) is 6.04 Å². The second kappa shape index (κ2) is 9.35. The summed E-state index contributed by atoms with van der Waals surface area (Å²) in [6, 6.07) is 8.27. The van der Waals surface area contributed by atoms with E-state index in [4.69, 9.17) is 4.74 Å². The van der Waals surface area contributed by atoms with Crippen molar-refractivity contribution in [2.45, 2.75) is 60.0 Å². The van der Waals surface area contributed by atoms with Crippen LogP contribution in [0.1, 0.15) is 59.6 Å². The highest BCUT2D eigenvalue weighted by Gasteiger charge is 2.21. The maximum Gasteiger partial charge on any atom is 0.342 e. The van der Waals surface area contributed by atoms with Crippen molar-refractivity contribution < 1.29 is 14.3 Å². The number of benzene rings is 1. The molecule has 2 aromatic rings. The highest BCUT2D eigenvalue weighted by molar-refractivity contribution is 5.93. The third-order valence-corrected chi connectivity index (χ3v) is 4.50. The van der Waals surface area contributed by atoms with Gasteiger partial charge in [-0.2, -0.15) is 5.10 Å². The summed E-state index contributed by atoms with van der Waals surface area (Å²) < 4.78 is 7.00. The maximum atomic E-state index is 12.5. The highest BCUT2D eigenvalue weighted by atomic mass is 16.5. The molecule has 0 radical (unpaired) electrons. The summed E-state index contributed by atoms with van der Waals surface area (Å²) >= 11 is 0. The van der Waals surface area contributed by atoms with E-state index in [1.165, 1.54) is 5.56 Å². The highest BCUT2D eigenvalue weighted by Crippen LogP contribution is 2.16. The molecule has 1 heterocycles. The predicted molar refractivity (Wildman–Crippen MR) is 105 cm³/mol. The van der Waals surface area contributed by atoms with Crippen molar-refractivity contribution in [1.82, 2.24) is 15.1 Å². The van der Waals surface area contributed by atoms with Crippen LogP contribution in [0, 0.1) is 20.8 Å². The van der Waals surface area contributed by atoms with E-state index in [0.29, 0.717) is 17.8 Å². The van der Waals surface area contributed by atoms with Gasteiger partial charge in [0.25, 0.3) is 5.91 Å². The van der Waals surface area contributed by atoms with Gasteiger partial charge in [0.2, 0.25) is 0 Å². The number of rotatable bonds is 8. The van der Waals surface area contributed by atoms with Gasteiger partial charge in [-0.25, -0.2) is 4.79 Å². The lowest BCUT2D eigenvalue weighted by atomic mass is 10.1. The van der Waals surface area contributed by atoms with Gasteiger partial charge in [-0.1, -0.05) is 43.2 Å². The summed E-state index contributed by atoms with van der Waals surface area (Å²) in [6.45, 7) is 9.95. The number of hydrogen-bond acceptors (Lipinski definition) is 4. The molecule has 1 aromatic carbocycles. The fourth-order valence-corrected chi connectivity index (χ4v) is 3.04. The van der Waals surface area contributed by atoms with Crippen LogP contribution in [0.2, 0.25) is 0 Å². The molecule has 1 amide bonds. The molecule has 0 fully saturated rings. The molecule has 0 unspecified atom stereocenters. The van der Waals surface area contributed by atoms with Crippen molar-refractivity contribution in [2.24, 2.45) is 0 Å². The Hall–Kier alpha value is -2.63. The van der Waals surface area contributed by atoms with Crippen LogP contribution in [0.5, 0.6) is 0 Å². The zero-order chi connectivity index (χ0) is 20.0. The molecule has 1 aromatic heterocycles. The Kier molecular flexibility index (Phi) is 7.16. The number of aromatic nitrogens is 2. The fourth-order valence-electron chi connectivity index (χ4n) is 3.04. The van der Waals surface area contributed by atoms with Crippen LogP contribution < -0.4 is 5.32 Å². The minimum absolute atomic E-state index is 0.0712. The molecule has 6 heteroatoms. The number of ether oxygens (including phenoxy) is 1. The van der Waals surface area contributed by atoms with Gasteiger partial charge in [0.15, 0.2) is 6.61 Å². The van der Waals surface area contributed by atoms with E-state index in [1.807, 2.05) is 45.0 Å². The number of hydrogen-bond donors (Lipinski definition) is 1. The minimum atomic E-state index is -0.515. The van der Waals surface area contributed by atoms with Gasteiger partial charge in [-0.05, 0) is 39.7 Å². The predicted octanol–water partition coefficient (Wildman–Crippen LogP) is 3.32. The van der Waals surface area contributed by atoms with Crippen LogP contribution in [0.3, 0.4) is 0 Å². The summed E-state index contributed by atoms with van der Waals surface area (Å²) in [6.07, 6.45) is 1.88. The summed E-state index contributed by atoms with van der Waals surface area (Å²) in [5.41, 5.74) is 4.07. The summed E-state index contributed by atoms with van der Waals surface area (Å²) in [4.78, 5) is 24.4. The molecule has 0 aliphatic rings. The summed E-state index contributed by atoms with van der Waals surface area (Å²) in [5.74, 6) is -0.801. The van der Waals surface area contributed by atoms with E-state index in [9.17, 15) is 9.59 Å². The molecule has 0 aliphatic heterocycles. The zero-order valence-electron chi connectivity index (χ0n) is 16.8. The maximum absolute atomic E-state index is 12.5. The average molecular weight is 371 g/mol. The smallest absolute Gasteiger partial charge is 0.342 e. The fraction of sp³-hybridized carbons (Fsp3) is 0.476. The number of nitrogens with one attached hydrogen (secondary N) is 1. The number of esters is 1. The van der Waals surface area contributed by atoms with Gasteiger partial charge in [-0.15, -0.1) is 0 Å². The SMILES string of the molecule is CCC[C@@H](C)NC(=O)COC(=O)c1c(C)nn(Cc2ccc(C)cc2)c1C. The van der Waals surface area contributed by atoms with Crippen molar-refractivity contribution >= 4 is 11.9 Å². The van der Waals surface area contributed by atoms with Crippen molar-refractivity contribution in [2.75, 3.05) is 6.61 Å². The molecule has 0 saturated carbocycles. The number of aryl methyl sites for hydroxylation is 2. The Morgan fingerprint density at radius 2 is 1.85 bits per heavy atom. The van der Waals surface area contributed by atoms with Crippen LogP contribution in [0.25, 0.3) is 0 Å². The quantitative estimate of drug-likeness (QED) is 0.723. The first kappa shape index (κ1) is 20.7. The zero-order valence-corrected chi connectivity index (χ0v) is 16.8. The molecule has 0 bridgehead atoms.